The van der Waals surface area contributed by atoms with E-state index < -0.39 is 0 Å². The molecule has 0 spiro atoms. The van der Waals surface area contributed by atoms with Crippen molar-refractivity contribution in [3.8, 4) is 0 Å². The standard InChI is InChI=1S/C16H30N2O/c1-3-16(9-4-5-10-16)11-18-15(19)14-12(2)7-6-8-13(14)17/h12-14H,3-11,17H2,1-2H3,(H,18,19). The molecule has 2 saturated carbocycles. The van der Waals surface area contributed by atoms with Crippen LogP contribution in [0.3, 0.4) is 0 Å². The van der Waals surface area contributed by atoms with Crippen LogP contribution in [0.15, 0.2) is 0 Å². The molecule has 0 aromatic heterocycles. The fourth-order valence-electron chi connectivity index (χ4n) is 4.08. The lowest BCUT2D eigenvalue weighted by Crippen LogP contribution is -2.49. The van der Waals surface area contributed by atoms with Crippen LogP contribution in [0, 0.1) is 17.3 Å². The minimum atomic E-state index is 0.0315. The average molecular weight is 266 g/mol. The van der Waals surface area contributed by atoms with Crippen LogP contribution in [0.4, 0.5) is 0 Å². The Morgan fingerprint density at radius 3 is 2.53 bits per heavy atom. The molecule has 0 saturated heterocycles. The highest BCUT2D eigenvalue weighted by atomic mass is 16.1. The summed E-state index contributed by atoms with van der Waals surface area (Å²) in [7, 11) is 0. The van der Waals surface area contributed by atoms with Gasteiger partial charge in [-0.25, -0.2) is 0 Å². The Morgan fingerprint density at radius 1 is 1.26 bits per heavy atom. The topological polar surface area (TPSA) is 55.1 Å². The quantitative estimate of drug-likeness (QED) is 0.822. The van der Waals surface area contributed by atoms with E-state index in [1.54, 1.807) is 0 Å². The van der Waals surface area contributed by atoms with Gasteiger partial charge in [-0.2, -0.15) is 0 Å². The third kappa shape index (κ3) is 3.31. The van der Waals surface area contributed by atoms with E-state index in [0.717, 1.165) is 19.4 Å². The summed E-state index contributed by atoms with van der Waals surface area (Å²) < 4.78 is 0. The van der Waals surface area contributed by atoms with Gasteiger partial charge in [0.1, 0.15) is 0 Å². The summed E-state index contributed by atoms with van der Waals surface area (Å²) >= 11 is 0. The lowest BCUT2D eigenvalue weighted by atomic mass is 9.76. The monoisotopic (exact) mass is 266 g/mol. The number of rotatable bonds is 4. The molecule has 0 aliphatic heterocycles. The molecule has 2 rings (SSSR count). The minimum absolute atomic E-state index is 0.0315. The molecule has 0 bridgehead atoms. The van der Waals surface area contributed by atoms with Crippen molar-refractivity contribution in [1.82, 2.24) is 5.32 Å². The molecular weight excluding hydrogens is 236 g/mol. The van der Waals surface area contributed by atoms with E-state index in [-0.39, 0.29) is 17.9 Å². The van der Waals surface area contributed by atoms with Gasteiger partial charge in [0, 0.05) is 12.6 Å². The first-order chi connectivity index (χ1) is 9.08. The zero-order chi connectivity index (χ0) is 13.9. The maximum absolute atomic E-state index is 12.4. The second-order valence-electron chi connectivity index (χ2n) is 6.88. The largest absolute Gasteiger partial charge is 0.355 e. The first-order valence-electron chi connectivity index (χ1n) is 8.11. The first kappa shape index (κ1) is 14.8. The maximum atomic E-state index is 12.4. The summed E-state index contributed by atoms with van der Waals surface area (Å²) in [6, 6.07) is 0.0601. The third-order valence-corrected chi connectivity index (χ3v) is 5.63. The SMILES string of the molecule is CCC1(CNC(=O)C2C(C)CCCC2N)CCCC1. The summed E-state index contributed by atoms with van der Waals surface area (Å²) in [5, 5.41) is 3.23. The smallest absolute Gasteiger partial charge is 0.224 e. The van der Waals surface area contributed by atoms with Gasteiger partial charge in [0.05, 0.1) is 5.92 Å². The minimum Gasteiger partial charge on any atom is -0.355 e. The fourth-order valence-corrected chi connectivity index (χ4v) is 4.08. The third-order valence-electron chi connectivity index (χ3n) is 5.63. The van der Waals surface area contributed by atoms with Crippen LogP contribution >= 0.6 is 0 Å². The zero-order valence-electron chi connectivity index (χ0n) is 12.6. The van der Waals surface area contributed by atoms with Gasteiger partial charge in [-0.05, 0) is 43.4 Å². The van der Waals surface area contributed by atoms with Crippen molar-refractivity contribution in [1.29, 1.82) is 0 Å². The molecule has 2 fully saturated rings. The molecule has 0 aromatic carbocycles. The summed E-state index contributed by atoms with van der Waals surface area (Å²) in [4.78, 5) is 12.4. The van der Waals surface area contributed by atoms with Crippen LogP contribution in [0.5, 0.6) is 0 Å². The van der Waals surface area contributed by atoms with Gasteiger partial charge in [0.2, 0.25) is 5.91 Å². The van der Waals surface area contributed by atoms with Gasteiger partial charge in [0.25, 0.3) is 0 Å². The molecule has 19 heavy (non-hydrogen) atoms. The van der Waals surface area contributed by atoms with Gasteiger partial charge in [-0.3, -0.25) is 4.79 Å². The highest BCUT2D eigenvalue weighted by Gasteiger charge is 2.36. The molecule has 0 radical (unpaired) electrons. The Kier molecular flexibility index (Phi) is 4.88. The molecule has 2 aliphatic rings. The van der Waals surface area contributed by atoms with E-state index in [9.17, 15) is 4.79 Å². The lowest BCUT2D eigenvalue weighted by Gasteiger charge is -2.35. The van der Waals surface area contributed by atoms with Crippen LogP contribution in [-0.2, 0) is 4.79 Å². The van der Waals surface area contributed by atoms with Crippen LogP contribution in [0.2, 0.25) is 0 Å². The summed E-state index contributed by atoms with van der Waals surface area (Å²) in [5.41, 5.74) is 6.53. The predicted octanol–water partition coefficient (Wildman–Crippen LogP) is 2.84. The maximum Gasteiger partial charge on any atom is 0.224 e. The highest BCUT2D eigenvalue weighted by Crippen LogP contribution is 2.40. The van der Waals surface area contributed by atoms with Crippen molar-refractivity contribution in [2.75, 3.05) is 6.54 Å². The molecule has 3 nitrogen and oxygen atoms in total. The Balaban J connectivity index is 1.89. The van der Waals surface area contributed by atoms with Crippen molar-refractivity contribution in [2.45, 2.75) is 71.3 Å². The van der Waals surface area contributed by atoms with Crippen molar-refractivity contribution in [2.24, 2.45) is 23.0 Å². The van der Waals surface area contributed by atoms with E-state index in [1.165, 1.54) is 38.5 Å². The second kappa shape index (κ2) is 6.25. The summed E-state index contributed by atoms with van der Waals surface area (Å²) in [6.07, 6.45) is 9.69. The lowest BCUT2D eigenvalue weighted by molar-refractivity contribution is -0.128. The van der Waals surface area contributed by atoms with Gasteiger partial charge in [0.15, 0.2) is 0 Å². The number of amides is 1. The summed E-state index contributed by atoms with van der Waals surface area (Å²) in [6.45, 7) is 5.29. The van der Waals surface area contributed by atoms with E-state index >= 15 is 0 Å². The first-order valence-corrected chi connectivity index (χ1v) is 8.11. The molecule has 3 heteroatoms. The molecule has 110 valence electrons. The zero-order valence-corrected chi connectivity index (χ0v) is 12.6. The predicted molar refractivity (Wildman–Crippen MR) is 78.7 cm³/mol. The number of hydrogen-bond acceptors (Lipinski definition) is 2. The van der Waals surface area contributed by atoms with Crippen molar-refractivity contribution >= 4 is 5.91 Å². The number of nitrogens with two attached hydrogens (primary N) is 1. The van der Waals surface area contributed by atoms with E-state index in [2.05, 4.69) is 19.2 Å². The molecule has 0 aromatic rings. The Hall–Kier alpha value is -0.570. The van der Waals surface area contributed by atoms with E-state index in [1.807, 2.05) is 0 Å². The second-order valence-corrected chi connectivity index (χ2v) is 6.88. The number of carbonyl (C=O) groups excluding carboxylic acids is 1. The van der Waals surface area contributed by atoms with Crippen LogP contribution < -0.4 is 11.1 Å². The Bertz CT molecular complexity index is 300. The van der Waals surface area contributed by atoms with Crippen LogP contribution in [0.25, 0.3) is 0 Å². The van der Waals surface area contributed by atoms with Crippen LogP contribution in [0.1, 0.15) is 65.2 Å². The Labute approximate surface area is 117 Å². The van der Waals surface area contributed by atoms with Gasteiger partial charge < -0.3 is 11.1 Å². The van der Waals surface area contributed by atoms with Gasteiger partial charge in [-0.1, -0.05) is 33.1 Å². The van der Waals surface area contributed by atoms with E-state index in [0.29, 0.717) is 11.3 Å². The van der Waals surface area contributed by atoms with Crippen molar-refractivity contribution in [3.63, 3.8) is 0 Å². The number of nitrogens with one attached hydrogen (secondary N) is 1. The van der Waals surface area contributed by atoms with Gasteiger partial charge in [-0.15, -0.1) is 0 Å². The van der Waals surface area contributed by atoms with Gasteiger partial charge >= 0.3 is 0 Å². The summed E-state index contributed by atoms with van der Waals surface area (Å²) in [5.74, 6) is 0.674. The van der Waals surface area contributed by atoms with Crippen molar-refractivity contribution in [3.05, 3.63) is 0 Å². The number of carbonyl (C=O) groups is 1. The fraction of sp³-hybridized carbons (Fsp3) is 0.938. The average Bonchev–Trinajstić information content (AvgIpc) is 2.86. The molecule has 3 atom stereocenters. The molecule has 2 aliphatic carbocycles. The molecule has 3 N–H and O–H groups in total. The number of hydrogen-bond donors (Lipinski definition) is 2. The van der Waals surface area contributed by atoms with Crippen LogP contribution in [-0.4, -0.2) is 18.5 Å². The molecule has 0 heterocycles. The normalized spacial score (nSPS) is 34.2. The van der Waals surface area contributed by atoms with E-state index in [4.69, 9.17) is 5.73 Å². The molecule has 1 amide bonds. The highest BCUT2D eigenvalue weighted by molar-refractivity contribution is 5.79. The molecular formula is C16H30N2O. The van der Waals surface area contributed by atoms with Crippen molar-refractivity contribution < 1.29 is 4.79 Å². The molecule has 3 unspecified atom stereocenters. The Morgan fingerprint density at radius 2 is 1.95 bits per heavy atom.